The molecule has 0 spiro atoms. The molecule has 0 atom stereocenters. The molecule has 0 aliphatic rings. The van der Waals surface area contributed by atoms with Crippen molar-refractivity contribution in [3.8, 4) is 0 Å². The Labute approximate surface area is 104 Å². The fourth-order valence-corrected chi connectivity index (χ4v) is 0. The first-order chi connectivity index (χ1) is 0. The van der Waals surface area contributed by atoms with Crippen molar-refractivity contribution in [2.24, 2.45) is 0 Å². The molecule has 7 heteroatoms. The Bertz CT molecular complexity index is 8.49. The van der Waals surface area contributed by atoms with Gasteiger partial charge in [-0.05, 0) is 0 Å². The summed E-state index contributed by atoms with van der Waals surface area (Å²) < 4.78 is 0. The van der Waals surface area contributed by atoms with Crippen molar-refractivity contribution in [2.75, 3.05) is 0 Å². The Morgan fingerprint density at radius 1 is 0.375 bits per heavy atom. The van der Waals surface area contributed by atoms with Gasteiger partial charge in [0.25, 0.3) is 0 Å². The summed E-state index contributed by atoms with van der Waals surface area (Å²) in [6.45, 7) is 0. The summed E-state index contributed by atoms with van der Waals surface area (Å²) in [6.07, 6.45) is 0. The zero-order valence-electron chi connectivity index (χ0n) is 3.47. The van der Waals surface area contributed by atoms with Gasteiger partial charge in [-0.3, -0.25) is 0 Å². The van der Waals surface area contributed by atoms with Gasteiger partial charge in [0.15, 0.2) is 0 Å². The summed E-state index contributed by atoms with van der Waals surface area (Å²) in [6, 6.07) is 0. The minimum absolute atomic E-state index is 0. The molecule has 0 unspecified atom stereocenters. The molecule has 0 aliphatic heterocycles. The largest absolute Gasteiger partial charge is 4.00 e. The Morgan fingerprint density at radius 3 is 0.375 bits per heavy atom. The van der Waals surface area contributed by atoms with E-state index in [9.17, 15) is 0 Å². The maximum atomic E-state index is 0. The second-order valence-corrected chi connectivity index (χ2v) is 0. The summed E-state index contributed by atoms with van der Waals surface area (Å²) in [4.78, 5) is 0. The van der Waals surface area contributed by atoms with Crippen LogP contribution in [0.4, 0.5) is 0 Å². The van der Waals surface area contributed by atoms with Crippen LogP contribution in [0.5, 0.6) is 0 Å². The molecular weight excluding hydrogens is 249 g/mol. The molecule has 0 radical (unpaired) electrons. The van der Waals surface area contributed by atoms with Crippen LogP contribution in [0, 0.1) is 7.43 Å². The fourth-order valence-electron chi connectivity index (χ4n) is 0. The van der Waals surface area contributed by atoms with Crippen molar-refractivity contribution in [3.63, 3.8) is 0 Å². The number of hydrogen-bond donors (Lipinski definition) is 0. The third-order valence-corrected chi connectivity index (χ3v) is 0. The van der Waals surface area contributed by atoms with Gasteiger partial charge in [0.1, 0.15) is 0 Å². The maximum absolute atomic E-state index is 0. The van der Waals surface area contributed by atoms with Gasteiger partial charge < -0.3 is 74.4 Å². The van der Waals surface area contributed by atoms with E-state index in [1.807, 2.05) is 0 Å². The molecule has 0 aromatic carbocycles. The van der Waals surface area contributed by atoms with E-state index < -0.39 is 0 Å². The average Bonchev–Trinajstić information content (AvgIpc) is 0. The van der Waals surface area contributed by atoms with E-state index in [1.165, 1.54) is 0 Å². The zero-order chi connectivity index (χ0) is 0. The third-order valence-electron chi connectivity index (χ3n) is 0. The van der Waals surface area contributed by atoms with Gasteiger partial charge in [-0.1, -0.05) is 0 Å². The topological polar surface area (TPSA) is 0 Å². The molecule has 0 saturated heterocycles. The van der Waals surface area contributed by atoms with Crippen molar-refractivity contribution >= 4 is 23.1 Å². The van der Waals surface area contributed by atoms with E-state index >= 15 is 0 Å². The minimum atomic E-state index is 0. The molecule has 0 N–H and O–H groups in total. The number of halogens is 6. The maximum Gasteiger partial charge on any atom is 4.00 e. The Balaban J connectivity index is 0. The first kappa shape index (κ1) is 151. The molecule has 0 nitrogen and oxygen atoms in total. The zero-order valence-corrected chi connectivity index (χ0v) is 9.42. The average molecular weight is 249 g/mol. The molecule has 0 amide bonds. The van der Waals surface area contributed by atoms with Crippen molar-refractivity contribution in [1.82, 2.24) is 0 Å². The molecule has 0 aromatic heterocycles. The van der Waals surface area contributed by atoms with Crippen LogP contribution in [0.2, 0.25) is 0 Å². The van der Waals surface area contributed by atoms with Gasteiger partial charge in [0.05, 0.1) is 0 Å². The standard InChI is InChI=1S/C.6ClH.Mg/h;6*1H;/q+4;;;;;;;+2/p-6. The summed E-state index contributed by atoms with van der Waals surface area (Å²) in [5, 5.41) is 0. The van der Waals surface area contributed by atoms with Crippen LogP contribution in [0.1, 0.15) is 0 Å². The van der Waals surface area contributed by atoms with E-state index in [2.05, 4.69) is 0 Å². The first-order valence-corrected chi connectivity index (χ1v) is 0. The van der Waals surface area contributed by atoms with Gasteiger partial charge in [-0.2, -0.15) is 0 Å². The third kappa shape index (κ3) is 76.3. The fraction of sp³-hybridized carbons (Fsp3) is 0. The normalized spacial score (nSPS) is 0. The van der Waals surface area contributed by atoms with Crippen LogP contribution in [0.15, 0.2) is 0 Å². The molecule has 48 valence electrons. The van der Waals surface area contributed by atoms with E-state index in [-0.39, 0.29) is 105 Å². The van der Waals surface area contributed by atoms with Crippen LogP contribution < -0.4 is 74.4 Å². The van der Waals surface area contributed by atoms with Crippen LogP contribution in [-0.4, -0.2) is 23.1 Å². The molecule has 8 heavy (non-hydrogen) atoms. The predicted octanol–water partition coefficient (Wildman–Crippen LogP) is -18.3. The monoisotopic (exact) mass is 246 g/mol. The van der Waals surface area contributed by atoms with Crippen molar-refractivity contribution in [2.45, 2.75) is 0 Å². The summed E-state index contributed by atoms with van der Waals surface area (Å²) in [7, 11) is 0. The predicted molar refractivity (Wildman–Crippen MR) is 9.00 cm³/mol. The van der Waals surface area contributed by atoms with E-state index in [4.69, 9.17) is 0 Å². The molecule has 0 saturated carbocycles. The molecule has 0 heterocycles. The molecule has 0 rings (SSSR count). The van der Waals surface area contributed by atoms with Crippen LogP contribution in [0.3, 0.4) is 0 Å². The molecule has 0 fully saturated rings. The second kappa shape index (κ2) is 110. The number of rotatable bonds is 0. The Hall–Kier alpha value is 2.51. The molecular formula is CCl6Mg. The van der Waals surface area contributed by atoms with Gasteiger partial charge >= 0.3 is 30.5 Å². The SMILES string of the molecule is [C+4].[Cl-].[Cl-].[Cl-].[Cl-].[Cl-].[Cl-].[Mg+2]. The van der Waals surface area contributed by atoms with E-state index in [1.54, 1.807) is 0 Å². The minimum Gasteiger partial charge on any atom is -1.00 e. The molecule has 0 aromatic rings. The van der Waals surface area contributed by atoms with Crippen molar-refractivity contribution in [1.29, 1.82) is 0 Å². The Morgan fingerprint density at radius 2 is 0.375 bits per heavy atom. The Kier molecular flexibility index (Phi) is 2070. The van der Waals surface area contributed by atoms with Gasteiger partial charge in [-0.15, -0.1) is 0 Å². The number of hydrogen-bond acceptors (Lipinski definition) is 0. The van der Waals surface area contributed by atoms with Crippen molar-refractivity contribution < 1.29 is 74.4 Å². The van der Waals surface area contributed by atoms with E-state index in [0.29, 0.717) is 0 Å². The quantitative estimate of drug-likeness (QED) is 0.374. The van der Waals surface area contributed by atoms with Gasteiger partial charge in [0, 0.05) is 0 Å². The van der Waals surface area contributed by atoms with Crippen molar-refractivity contribution in [3.05, 3.63) is 7.43 Å². The summed E-state index contributed by atoms with van der Waals surface area (Å²) in [5.74, 6) is 0. The first-order valence-electron chi connectivity index (χ1n) is 0. The van der Waals surface area contributed by atoms with Gasteiger partial charge in [0.2, 0.25) is 0 Å². The molecule has 0 aliphatic carbocycles. The van der Waals surface area contributed by atoms with Crippen LogP contribution >= 0.6 is 0 Å². The molecule has 0 bridgehead atoms. The van der Waals surface area contributed by atoms with E-state index in [0.717, 1.165) is 0 Å². The summed E-state index contributed by atoms with van der Waals surface area (Å²) >= 11 is 0. The summed E-state index contributed by atoms with van der Waals surface area (Å²) in [5.41, 5.74) is 0. The smallest absolute Gasteiger partial charge is 1.00 e. The van der Waals surface area contributed by atoms with Gasteiger partial charge in [-0.25, -0.2) is 0 Å². The van der Waals surface area contributed by atoms with Crippen LogP contribution in [0.25, 0.3) is 0 Å². The second-order valence-electron chi connectivity index (χ2n) is 0. The van der Waals surface area contributed by atoms with Crippen LogP contribution in [-0.2, 0) is 0 Å².